The fourth-order valence-electron chi connectivity index (χ4n) is 6.02. The number of benzene rings is 2. The Hall–Kier alpha value is -4.69. The molecule has 14 nitrogen and oxygen atoms in total. The molecular weight excluding hydrogens is 606 g/mol. The Bertz CT molecular complexity index is 1580. The van der Waals surface area contributed by atoms with E-state index in [0.717, 1.165) is 43.6 Å². The number of hydrogen-bond donors (Lipinski definition) is 3. The highest BCUT2D eigenvalue weighted by molar-refractivity contribution is 5.95. The summed E-state index contributed by atoms with van der Waals surface area (Å²) in [6, 6.07) is 11.7. The Morgan fingerprint density at radius 3 is 2.79 bits per heavy atom. The molecule has 0 saturated carbocycles. The fourth-order valence-corrected chi connectivity index (χ4v) is 6.02. The number of carbonyl (C=O) groups excluding carboxylic acids is 3. The summed E-state index contributed by atoms with van der Waals surface area (Å²) < 4.78 is 25.4. The van der Waals surface area contributed by atoms with Crippen LogP contribution < -0.4 is 25.4 Å². The van der Waals surface area contributed by atoms with Gasteiger partial charge >= 0.3 is 6.03 Å². The van der Waals surface area contributed by atoms with E-state index in [0.29, 0.717) is 54.8 Å². The minimum atomic E-state index is -0.489. The third-order valence-corrected chi connectivity index (χ3v) is 8.46. The SMILES string of the molecule is COCCOc1cc2cc(c1)C(=O)NCCNC(=O)N[C@H]1CCN(C(=O)c3nnc4n3CCCCC4)C[C@@H]1OCc1cccc(c1)O2. The van der Waals surface area contributed by atoms with Crippen molar-refractivity contribution >= 4 is 17.8 Å². The average molecular weight is 648 g/mol. The molecule has 4 heterocycles. The highest BCUT2D eigenvalue weighted by Crippen LogP contribution is 2.29. The molecule has 0 unspecified atom stereocenters. The second-order valence-corrected chi connectivity index (χ2v) is 11.8. The molecule has 6 rings (SSSR count). The molecule has 1 fully saturated rings. The van der Waals surface area contributed by atoms with Crippen LogP contribution in [0.25, 0.3) is 0 Å². The van der Waals surface area contributed by atoms with Crippen LogP contribution >= 0.6 is 0 Å². The van der Waals surface area contributed by atoms with Gasteiger partial charge in [0.15, 0.2) is 0 Å². The van der Waals surface area contributed by atoms with Crippen molar-refractivity contribution in [3.8, 4) is 17.2 Å². The Morgan fingerprint density at radius 2 is 1.89 bits per heavy atom. The molecule has 2 atom stereocenters. The number of fused-ring (bicyclic) bond motifs is 6. The molecule has 250 valence electrons. The highest BCUT2D eigenvalue weighted by Gasteiger charge is 2.35. The number of nitrogens with one attached hydrogen (secondary N) is 3. The summed E-state index contributed by atoms with van der Waals surface area (Å²) in [4.78, 5) is 41.4. The van der Waals surface area contributed by atoms with Crippen molar-refractivity contribution in [3.05, 3.63) is 65.2 Å². The summed E-state index contributed by atoms with van der Waals surface area (Å²) >= 11 is 0. The molecule has 47 heavy (non-hydrogen) atoms. The molecule has 4 amide bonds. The van der Waals surface area contributed by atoms with E-state index in [-0.39, 0.29) is 50.1 Å². The van der Waals surface area contributed by atoms with E-state index < -0.39 is 6.10 Å². The van der Waals surface area contributed by atoms with Gasteiger partial charge in [-0.2, -0.15) is 0 Å². The molecule has 3 N–H and O–H groups in total. The van der Waals surface area contributed by atoms with Gasteiger partial charge in [-0.25, -0.2) is 4.79 Å². The third-order valence-electron chi connectivity index (χ3n) is 8.46. The first-order valence-electron chi connectivity index (χ1n) is 16.2. The van der Waals surface area contributed by atoms with Crippen LogP contribution in [0, 0.1) is 0 Å². The smallest absolute Gasteiger partial charge is 0.315 e. The minimum Gasteiger partial charge on any atom is -0.491 e. The summed E-state index contributed by atoms with van der Waals surface area (Å²) in [6.45, 7) is 2.75. The zero-order valence-corrected chi connectivity index (χ0v) is 26.5. The van der Waals surface area contributed by atoms with Gasteiger partial charge in [-0.1, -0.05) is 18.6 Å². The van der Waals surface area contributed by atoms with Gasteiger partial charge in [0.1, 0.15) is 29.7 Å². The quantitative estimate of drug-likeness (QED) is 0.354. The van der Waals surface area contributed by atoms with Crippen LogP contribution in [-0.4, -0.2) is 96.2 Å². The van der Waals surface area contributed by atoms with Crippen molar-refractivity contribution in [2.45, 2.75) is 57.4 Å². The van der Waals surface area contributed by atoms with Gasteiger partial charge in [-0.05, 0) is 49.1 Å². The summed E-state index contributed by atoms with van der Waals surface area (Å²) in [5.41, 5.74) is 1.19. The third kappa shape index (κ3) is 8.19. The maximum atomic E-state index is 13.7. The number of rotatable bonds is 5. The summed E-state index contributed by atoms with van der Waals surface area (Å²) in [5, 5.41) is 17.2. The van der Waals surface area contributed by atoms with E-state index in [1.54, 1.807) is 30.2 Å². The maximum Gasteiger partial charge on any atom is 0.315 e. The van der Waals surface area contributed by atoms with Crippen LogP contribution in [0.1, 0.15) is 58.0 Å². The van der Waals surface area contributed by atoms with Gasteiger partial charge < -0.3 is 44.4 Å². The monoisotopic (exact) mass is 647 g/mol. The number of aryl methyl sites for hydroxylation is 1. The van der Waals surface area contributed by atoms with Gasteiger partial charge in [0.25, 0.3) is 11.8 Å². The molecular formula is C33H41N7O7. The Labute approximate surface area is 273 Å². The predicted octanol–water partition coefficient (Wildman–Crippen LogP) is 2.66. The number of amides is 4. The number of aromatic nitrogens is 3. The molecule has 3 aliphatic heterocycles. The average Bonchev–Trinajstić information content (AvgIpc) is 3.33. The number of nitrogens with zero attached hydrogens (tertiary/aromatic N) is 4. The van der Waals surface area contributed by atoms with Gasteiger partial charge in [0, 0.05) is 57.9 Å². The lowest BCUT2D eigenvalue weighted by molar-refractivity contribution is -0.0239. The summed E-state index contributed by atoms with van der Waals surface area (Å²) in [6.07, 6.45) is 3.94. The van der Waals surface area contributed by atoms with Crippen molar-refractivity contribution in [2.24, 2.45) is 0 Å². The van der Waals surface area contributed by atoms with Crippen molar-refractivity contribution in [3.63, 3.8) is 0 Å². The van der Waals surface area contributed by atoms with Crippen LogP contribution in [0.5, 0.6) is 17.2 Å². The van der Waals surface area contributed by atoms with E-state index in [2.05, 4.69) is 26.1 Å². The second kappa shape index (κ2) is 15.3. The normalized spacial score (nSPS) is 20.5. The number of piperidine rings is 1. The topological polar surface area (TPSA) is 158 Å². The van der Waals surface area contributed by atoms with E-state index in [9.17, 15) is 14.4 Å². The largest absolute Gasteiger partial charge is 0.491 e. The maximum absolute atomic E-state index is 13.7. The first kappa shape index (κ1) is 32.3. The number of urea groups is 1. The van der Waals surface area contributed by atoms with E-state index in [1.807, 2.05) is 28.8 Å². The van der Waals surface area contributed by atoms with Gasteiger partial charge in [0.05, 0.1) is 25.4 Å². The second-order valence-electron chi connectivity index (χ2n) is 11.8. The standard InChI is InChI=1S/C33H41N7O7/c1-44-14-15-45-25-17-23-18-26(19-25)47-24-7-5-6-22(16-24)21-46-28-20-39(13-9-27(28)36-33(43)35-11-10-34-31(23)41)32(42)30-38-37-29-8-3-2-4-12-40(29)30/h5-7,16-19,27-28H,2-4,8-15,20-21H2,1H3,(H,34,41)(H2,35,36,43)/t27-,28-/m0/s1. The Balaban J connectivity index is 1.21. The van der Waals surface area contributed by atoms with Crippen LogP contribution in [0.4, 0.5) is 4.79 Å². The van der Waals surface area contributed by atoms with Crippen LogP contribution in [0.2, 0.25) is 0 Å². The number of ether oxygens (including phenoxy) is 4. The van der Waals surface area contributed by atoms with Crippen molar-refractivity contribution in [1.82, 2.24) is 35.6 Å². The first-order valence-corrected chi connectivity index (χ1v) is 16.2. The van der Waals surface area contributed by atoms with E-state index >= 15 is 0 Å². The zero-order valence-electron chi connectivity index (χ0n) is 26.5. The number of carbonyl (C=O) groups is 3. The van der Waals surface area contributed by atoms with Crippen LogP contribution in [-0.2, 0) is 29.0 Å². The van der Waals surface area contributed by atoms with Crippen molar-refractivity contribution in [2.75, 3.05) is 46.5 Å². The van der Waals surface area contributed by atoms with Gasteiger partial charge in [-0.3, -0.25) is 9.59 Å². The van der Waals surface area contributed by atoms with E-state index in [1.165, 1.54) is 0 Å². The predicted molar refractivity (Wildman–Crippen MR) is 170 cm³/mol. The molecule has 2 aromatic carbocycles. The lowest BCUT2D eigenvalue weighted by Gasteiger charge is -2.38. The molecule has 3 aromatic rings. The molecule has 1 aromatic heterocycles. The number of hydrogen-bond acceptors (Lipinski definition) is 9. The van der Waals surface area contributed by atoms with Crippen LogP contribution in [0.3, 0.4) is 0 Å². The zero-order chi connectivity index (χ0) is 32.6. The summed E-state index contributed by atoms with van der Waals surface area (Å²) in [7, 11) is 1.58. The van der Waals surface area contributed by atoms with Gasteiger partial charge in [-0.15, -0.1) is 10.2 Å². The first-order chi connectivity index (χ1) is 23.0. The van der Waals surface area contributed by atoms with Crippen molar-refractivity contribution < 1.29 is 33.3 Å². The van der Waals surface area contributed by atoms with Crippen LogP contribution in [0.15, 0.2) is 42.5 Å². The lowest BCUT2D eigenvalue weighted by Crippen LogP contribution is -2.58. The fraction of sp³-hybridized carbons (Fsp3) is 0.485. The Kier molecular flexibility index (Phi) is 10.5. The molecule has 0 aliphatic carbocycles. The molecule has 1 saturated heterocycles. The molecule has 0 radical (unpaired) electrons. The highest BCUT2D eigenvalue weighted by atomic mass is 16.5. The lowest BCUT2D eigenvalue weighted by atomic mass is 10.0. The molecule has 14 heteroatoms. The Morgan fingerprint density at radius 1 is 1.00 bits per heavy atom. The molecule has 4 bridgehead atoms. The van der Waals surface area contributed by atoms with Crippen molar-refractivity contribution in [1.29, 1.82) is 0 Å². The number of methoxy groups -OCH3 is 1. The molecule has 3 aliphatic rings. The van der Waals surface area contributed by atoms with E-state index in [4.69, 9.17) is 18.9 Å². The number of likely N-dealkylation sites (tertiary alicyclic amines) is 1. The minimum absolute atomic E-state index is 0.185. The summed E-state index contributed by atoms with van der Waals surface area (Å²) in [5.74, 6) is 2.13. The molecule has 0 spiro atoms. The van der Waals surface area contributed by atoms with Gasteiger partial charge in [0.2, 0.25) is 5.82 Å².